The summed E-state index contributed by atoms with van der Waals surface area (Å²) in [5.41, 5.74) is 9.40. The van der Waals surface area contributed by atoms with Crippen molar-refractivity contribution in [3.8, 4) is 0 Å². The first kappa shape index (κ1) is 52.0. The lowest BCUT2D eigenvalue weighted by Gasteiger charge is -2.67. The molecule has 0 spiro atoms. The maximum absolute atomic E-state index is 12.4. The van der Waals surface area contributed by atoms with Crippen LogP contribution in [0.4, 0.5) is 0 Å². The normalized spacial score (nSPS) is 38.5. The number of aliphatic hydroxyl groups excluding tert-OH is 6. The quantitative estimate of drug-likeness (QED) is 0.0638. The van der Waals surface area contributed by atoms with Crippen molar-refractivity contribution >= 4 is 11.9 Å². The number of hydrogen-bond acceptors (Lipinski definition) is 15. The molecule has 0 aromatic rings. The number of allylic oxidation sites excluding steroid dienone is 1. The minimum absolute atomic E-state index is 0.139. The van der Waals surface area contributed by atoms with E-state index in [1.54, 1.807) is 6.92 Å². The molecule has 0 bridgehead atoms. The number of aliphatic imine (C=N–C) groups is 1. The number of nitrogens with two attached hydrogens (primary N) is 2. The molecule has 0 radical (unpaired) electrons. The lowest BCUT2D eigenvalue weighted by Crippen LogP contribution is -2.89. The van der Waals surface area contributed by atoms with Gasteiger partial charge < -0.3 is 75.8 Å². The Hall–Kier alpha value is -2.62. The molecule has 4 saturated heterocycles. The molecule has 62 heavy (non-hydrogen) atoms. The Morgan fingerprint density at radius 2 is 1.34 bits per heavy atom. The Labute approximate surface area is 367 Å². The van der Waals surface area contributed by atoms with Crippen molar-refractivity contribution in [2.45, 2.75) is 223 Å². The van der Waals surface area contributed by atoms with E-state index >= 15 is 0 Å². The highest BCUT2D eigenvalue weighted by molar-refractivity contribution is 5.76. The molecule has 358 valence electrons. The van der Waals surface area contributed by atoms with Gasteiger partial charge in [0.15, 0.2) is 5.96 Å². The second-order valence-electron chi connectivity index (χ2n) is 18.3. The number of hydrogen-bond donors (Lipinski definition) is 10. The minimum atomic E-state index is -1.49. The van der Waals surface area contributed by atoms with E-state index in [0.717, 1.165) is 5.57 Å². The molecule has 1 amide bonds. The second kappa shape index (κ2) is 20.7. The van der Waals surface area contributed by atoms with Gasteiger partial charge in [-0.25, -0.2) is 4.99 Å². The number of aliphatic hydroxyl groups is 6. The maximum Gasteiger partial charge on any atom is 0.217 e. The molecular weight excluding hydrogens is 807 g/mol. The van der Waals surface area contributed by atoms with Crippen LogP contribution >= 0.6 is 0 Å². The Morgan fingerprint density at radius 3 is 1.81 bits per heavy atom. The number of fused-ring (bicyclic) bond motifs is 1. The summed E-state index contributed by atoms with van der Waals surface area (Å²) >= 11 is 0. The molecule has 18 heteroatoms. The number of nitrogens with zero attached hydrogens (tertiary/aromatic N) is 1. The summed E-state index contributed by atoms with van der Waals surface area (Å²) in [6.07, 6.45) is -7.97. The van der Waals surface area contributed by atoms with Crippen LogP contribution in [0.5, 0.6) is 0 Å². The Balaban J connectivity index is 1.74. The molecule has 4 aliphatic rings. The number of carbonyl (C=O) groups is 1. The third-order valence-corrected chi connectivity index (χ3v) is 14.2. The molecule has 4 rings (SSSR count). The first-order valence-corrected chi connectivity index (χ1v) is 22.5. The van der Waals surface area contributed by atoms with Crippen LogP contribution in [-0.4, -0.2) is 164 Å². The molecule has 16 unspecified atom stereocenters. The summed E-state index contributed by atoms with van der Waals surface area (Å²) in [6, 6.07) is -2.77. The van der Waals surface area contributed by atoms with Crippen molar-refractivity contribution in [1.29, 1.82) is 0 Å². The average Bonchev–Trinajstić information content (AvgIpc) is 3.23. The summed E-state index contributed by atoms with van der Waals surface area (Å²) in [7, 11) is 0. The van der Waals surface area contributed by atoms with E-state index < -0.39 is 121 Å². The Bertz CT molecular complexity index is 1620. The van der Waals surface area contributed by atoms with Gasteiger partial charge in [0.05, 0.1) is 54.3 Å². The van der Waals surface area contributed by atoms with Crippen LogP contribution in [0, 0.1) is 0 Å². The molecule has 4 heterocycles. The summed E-state index contributed by atoms with van der Waals surface area (Å²) < 4.78 is 39.6. The monoisotopic (exact) mass is 886 g/mol. The standard InChI is InChI=1S/C44H79N5O13/c1-13-22(7)34-28(47-23(8)53)31(54)37(25(19-50)57-34)61-42(11,16-4)24(14-2)35-29(48-40(45)46)32(55)38(26(20-51)58-35)62-43(12,17-5)44(18-6)39-30(49-44)33(56)36(27(21-52)59-39)60-41(9,10)15-3/h25-33,36-39,49-52,54-56H,13-21H2,1-12H3,(H,47,53)(H4,45,46,48)/b34-22-,35-24+. The van der Waals surface area contributed by atoms with E-state index in [1.807, 2.05) is 69.2 Å². The minimum Gasteiger partial charge on any atom is -0.487 e. The van der Waals surface area contributed by atoms with Crippen molar-refractivity contribution in [3.05, 3.63) is 22.7 Å². The van der Waals surface area contributed by atoms with Crippen molar-refractivity contribution in [3.63, 3.8) is 0 Å². The van der Waals surface area contributed by atoms with Gasteiger partial charge in [-0.15, -0.1) is 0 Å². The van der Waals surface area contributed by atoms with Crippen LogP contribution in [0.25, 0.3) is 0 Å². The predicted molar refractivity (Wildman–Crippen MR) is 232 cm³/mol. The van der Waals surface area contributed by atoms with Gasteiger partial charge >= 0.3 is 0 Å². The average molecular weight is 886 g/mol. The van der Waals surface area contributed by atoms with Crippen molar-refractivity contribution < 1.29 is 63.9 Å². The molecule has 0 aromatic carbocycles. The largest absolute Gasteiger partial charge is 0.487 e. The Kier molecular flexibility index (Phi) is 17.4. The van der Waals surface area contributed by atoms with Crippen molar-refractivity contribution in [2.75, 3.05) is 19.8 Å². The van der Waals surface area contributed by atoms with E-state index in [1.165, 1.54) is 6.92 Å². The van der Waals surface area contributed by atoms with Crippen molar-refractivity contribution in [2.24, 2.45) is 16.5 Å². The third-order valence-electron chi connectivity index (χ3n) is 14.2. The van der Waals surface area contributed by atoms with E-state index in [2.05, 4.69) is 15.6 Å². The SMILES string of the molecule is CC/C(C)=C1\OC(CO)C(OC(C)(CC)/C(CC)=C2/OC(CO)C(OC(C)(CC)C3(CC)NC4C(O)C(OC(C)(C)CC)C(CO)OC43)C(O)C2N=C(N)N)C(O)C1NC(C)=O. The molecule has 16 atom stereocenters. The highest BCUT2D eigenvalue weighted by Gasteiger charge is 2.69. The van der Waals surface area contributed by atoms with Gasteiger partial charge in [-0.3, -0.25) is 10.1 Å². The van der Waals surface area contributed by atoms with Gasteiger partial charge in [-0.05, 0) is 78.7 Å². The summed E-state index contributed by atoms with van der Waals surface area (Å²) in [6.45, 7) is 20.7. The van der Waals surface area contributed by atoms with E-state index in [4.69, 9.17) is 39.9 Å². The van der Waals surface area contributed by atoms with E-state index in [0.29, 0.717) is 43.4 Å². The fourth-order valence-corrected chi connectivity index (χ4v) is 9.73. The zero-order valence-electron chi connectivity index (χ0n) is 39.0. The summed E-state index contributed by atoms with van der Waals surface area (Å²) in [5.74, 6) is -0.244. The van der Waals surface area contributed by atoms with Crippen molar-refractivity contribution in [1.82, 2.24) is 10.6 Å². The highest BCUT2D eigenvalue weighted by Crippen LogP contribution is 2.50. The van der Waals surface area contributed by atoms with Gasteiger partial charge in [0.2, 0.25) is 5.91 Å². The van der Waals surface area contributed by atoms with Crippen LogP contribution in [-0.2, 0) is 33.2 Å². The van der Waals surface area contributed by atoms with Gasteiger partial charge in [0.1, 0.15) is 78.5 Å². The second-order valence-corrected chi connectivity index (χ2v) is 18.3. The molecule has 18 nitrogen and oxygen atoms in total. The lowest BCUT2D eigenvalue weighted by atomic mass is 9.61. The van der Waals surface area contributed by atoms with Gasteiger partial charge in [-0.2, -0.15) is 0 Å². The summed E-state index contributed by atoms with van der Waals surface area (Å²) in [4.78, 5) is 16.8. The van der Waals surface area contributed by atoms with Gasteiger partial charge in [-0.1, -0.05) is 41.5 Å². The highest BCUT2D eigenvalue weighted by atomic mass is 16.6. The number of amides is 1. The number of guanidine groups is 1. The van der Waals surface area contributed by atoms with Crippen LogP contribution < -0.4 is 22.1 Å². The lowest BCUT2D eigenvalue weighted by molar-refractivity contribution is -0.320. The first-order chi connectivity index (χ1) is 29.1. The molecule has 0 saturated carbocycles. The number of carbonyl (C=O) groups excluding carboxylic acids is 1. The Morgan fingerprint density at radius 1 is 0.774 bits per heavy atom. The van der Waals surface area contributed by atoms with Gasteiger partial charge in [0, 0.05) is 12.5 Å². The number of ether oxygens (including phenoxy) is 6. The smallest absolute Gasteiger partial charge is 0.217 e. The zero-order chi connectivity index (χ0) is 46.7. The molecule has 0 aromatic heterocycles. The molecule has 4 fully saturated rings. The van der Waals surface area contributed by atoms with Crippen LogP contribution in [0.2, 0.25) is 0 Å². The van der Waals surface area contributed by atoms with E-state index in [-0.39, 0.29) is 24.7 Å². The third kappa shape index (κ3) is 9.81. The number of nitrogens with one attached hydrogen (secondary N) is 2. The summed E-state index contributed by atoms with van der Waals surface area (Å²) in [5, 5.41) is 74.3. The topological polar surface area (TPSA) is 282 Å². The van der Waals surface area contributed by atoms with Crippen LogP contribution in [0.3, 0.4) is 0 Å². The van der Waals surface area contributed by atoms with Crippen LogP contribution in [0.1, 0.15) is 122 Å². The molecule has 12 N–H and O–H groups in total. The fraction of sp³-hybridized carbons (Fsp3) is 0.864. The van der Waals surface area contributed by atoms with Crippen LogP contribution in [0.15, 0.2) is 27.7 Å². The first-order valence-electron chi connectivity index (χ1n) is 22.5. The zero-order valence-corrected chi connectivity index (χ0v) is 39.0. The molecular formula is C44H79N5O13. The molecule has 0 aliphatic carbocycles. The van der Waals surface area contributed by atoms with Gasteiger partial charge in [0.25, 0.3) is 0 Å². The number of rotatable bonds is 19. The maximum atomic E-state index is 12.4. The fourth-order valence-electron chi connectivity index (χ4n) is 9.73. The predicted octanol–water partition coefficient (Wildman–Crippen LogP) is 0.908. The molecule has 4 aliphatic heterocycles. The van der Waals surface area contributed by atoms with E-state index in [9.17, 15) is 35.4 Å².